The van der Waals surface area contributed by atoms with Gasteiger partial charge in [0.2, 0.25) is 0 Å². The van der Waals surface area contributed by atoms with Crippen LogP contribution in [0.2, 0.25) is 5.02 Å². The number of halogens is 1. The molecule has 0 fully saturated rings. The van der Waals surface area contributed by atoms with Gasteiger partial charge in [0.25, 0.3) is 0 Å². The van der Waals surface area contributed by atoms with Crippen LogP contribution >= 0.6 is 22.9 Å². The lowest BCUT2D eigenvalue weighted by molar-refractivity contribution is 0.262. The Morgan fingerprint density at radius 3 is 2.78 bits per heavy atom. The van der Waals surface area contributed by atoms with Crippen molar-refractivity contribution in [1.29, 1.82) is 0 Å². The Bertz CT molecular complexity index is 1110. The van der Waals surface area contributed by atoms with Crippen molar-refractivity contribution in [2.75, 3.05) is 10.6 Å². The van der Waals surface area contributed by atoms with Crippen molar-refractivity contribution in [3.63, 3.8) is 0 Å². The summed E-state index contributed by atoms with van der Waals surface area (Å²) in [4.78, 5) is 22.2. The lowest BCUT2D eigenvalue weighted by Crippen LogP contribution is -2.20. The molecule has 2 amide bonds. The van der Waals surface area contributed by atoms with Gasteiger partial charge in [-0.1, -0.05) is 41.1 Å². The van der Waals surface area contributed by atoms with E-state index in [1.54, 1.807) is 18.3 Å². The lowest BCUT2D eigenvalue weighted by atomic mass is 10.2. The second-order valence-electron chi connectivity index (χ2n) is 5.92. The first kappa shape index (κ1) is 17.5. The Labute approximate surface area is 165 Å². The fourth-order valence-electron chi connectivity index (χ4n) is 2.65. The molecule has 2 aromatic heterocycles. The van der Waals surface area contributed by atoms with Gasteiger partial charge in [0.05, 0.1) is 0 Å². The highest BCUT2D eigenvalue weighted by atomic mass is 35.5. The van der Waals surface area contributed by atoms with Gasteiger partial charge in [0.1, 0.15) is 15.4 Å². The molecule has 0 aliphatic carbocycles. The summed E-state index contributed by atoms with van der Waals surface area (Å²) in [5.74, 6) is 0. The molecular weight excluding hydrogens is 380 g/mol. The molecule has 4 rings (SSSR count). The Morgan fingerprint density at radius 2 is 1.93 bits per heavy atom. The summed E-state index contributed by atoms with van der Waals surface area (Å²) in [5.41, 5.74) is 3.97. The van der Waals surface area contributed by atoms with Crippen molar-refractivity contribution in [3.8, 4) is 10.6 Å². The number of benzene rings is 2. The van der Waals surface area contributed by atoms with Crippen LogP contribution in [0.15, 0.2) is 60.8 Å². The number of carbonyl (C=O) groups excluding carboxylic acids is 1. The van der Waals surface area contributed by atoms with E-state index in [9.17, 15) is 4.79 Å². The Kier molecular flexibility index (Phi) is 4.75. The van der Waals surface area contributed by atoms with Gasteiger partial charge in [-0.25, -0.2) is 14.8 Å². The number of hydrogen-bond donors (Lipinski definition) is 2. The summed E-state index contributed by atoms with van der Waals surface area (Å²) in [6, 6.07) is 16.4. The predicted molar refractivity (Wildman–Crippen MR) is 112 cm³/mol. The van der Waals surface area contributed by atoms with Gasteiger partial charge >= 0.3 is 6.03 Å². The van der Waals surface area contributed by atoms with Crippen LogP contribution in [0.3, 0.4) is 0 Å². The van der Waals surface area contributed by atoms with Crippen LogP contribution in [0.25, 0.3) is 20.9 Å². The highest BCUT2D eigenvalue weighted by molar-refractivity contribution is 7.21. The molecule has 2 N–H and O–H groups in total. The van der Waals surface area contributed by atoms with E-state index in [0.29, 0.717) is 16.4 Å². The highest BCUT2D eigenvalue weighted by Crippen LogP contribution is 2.30. The maximum Gasteiger partial charge on any atom is 0.323 e. The minimum atomic E-state index is -0.330. The number of aromatic nitrogens is 2. The molecule has 7 heteroatoms. The quantitative estimate of drug-likeness (QED) is 0.450. The van der Waals surface area contributed by atoms with Crippen molar-refractivity contribution in [1.82, 2.24) is 9.97 Å². The molecule has 0 aliphatic rings. The molecule has 0 atom stereocenters. The van der Waals surface area contributed by atoms with Crippen molar-refractivity contribution in [3.05, 3.63) is 71.4 Å². The number of nitrogens with zero attached hydrogens (tertiary/aromatic N) is 2. The van der Waals surface area contributed by atoms with Crippen LogP contribution in [-0.4, -0.2) is 16.0 Å². The first-order valence-corrected chi connectivity index (χ1v) is 9.45. The van der Waals surface area contributed by atoms with Crippen molar-refractivity contribution < 1.29 is 4.79 Å². The van der Waals surface area contributed by atoms with Gasteiger partial charge in [-0.05, 0) is 48.9 Å². The smallest absolute Gasteiger partial charge is 0.308 e. The van der Waals surface area contributed by atoms with Crippen molar-refractivity contribution >= 4 is 50.7 Å². The Morgan fingerprint density at radius 1 is 1.07 bits per heavy atom. The van der Waals surface area contributed by atoms with Gasteiger partial charge in [-0.2, -0.15) is 0 Å². The number of carbonyl (C=O) groups is 1. The van der Waals surface area contributed by atoms with Crippen LogP contribution in [0.4, 0.5) is 16.2 Å². The molecule has 0 unspecified atom stereocenters. The minimum absolute atomic E-state index is 0.330. The fraction of sp³-hybridized carbons (Fsp3) is 0.0500. The molecule has 0 saturated carbocycles. The summed E-state index contributed by atoms with van der Waals surface area (Å²) in [6.45, 7) is 1.86. The van der Waals surface area contributed by atoms with Gasteiger partial charge in [0.15, 0.2) is 0 Å². The molecule has 0 bridgehead atoms. The van der Waals surface area contributed by atoms with Crippen LogP contribution in [-0.2, 0) is 0 Å². The van der Waals surface area contributed by atoms with Crippen LogP contribution in [0, 0.1) is 6.92 Å². The second-order valence-corrected chi connectivity index (χ2v) is 7.30. The Balaban J connectivity index is 1.54. The number of hydrogen-bond acceptors (Lipinski definition) is 4. The maximum absolute atomic E-state index is 12.3. The number of nitrogens with one attached hydrogen (secondary N) is 2. The van der Waals surface area contributed by atoms with Crippen molar-refractivity contribution in [2.24, 2.45) is 0 Å². The largest absolute Gasteiger partial charge is 0.323 e. The average Bonchev–Trinajstić information content (AvgIpc) is 3.10. The molecule has 5 nitrogen and oxygen atoms in total. The molecule has 2 aromatic carbocycles. The number of amides is 2. The molecule has 2 heterocycles. The number of rotatable bonds is 3. The Hall–Kier alpha value is -2.96. The summed E-state index contributed by atoms with van der Waals surface area (Å²) >= 11 is 7.62. The normalized spacial score (nSPS) is 10.7. The zero-order chi connectivity index (χ0) is 18.8. The van der Waals surface area contributed by atoms with Gasteiger partial charge in [0, 0.05) is 28.2 Å². The number of pyridine rings is 1. The lowest BCUT2D eigenvalue weighted by Gasteiger charge is -2.11. The zero-order valence-electron chi connectivity index (χ0n) is 14.4. The summed E-state index contributed by atoms with van der Waals surface area (Å²) < 4.78 is 0. The molecule has 0 aliphatic heterocycles. The average molecular weight is 395 g/mol. The van der Waals surface area contributed by atoms with E-state index >= 15 is 0 Å². The summed E-state index contributed by atoms with van der Waals surface area (Å²) in [5, 5.41) is 7.14. The van der Waals surface area contributed by atoms with E-state index < -0.39 is 0 Å². The summed E-state index contributed by atoms with van der Waals surface area (Å²) in [6.07, 6.45) is 1.75. The zero-order valence-corrected chi connectivity index (χ0v) is 15.9. The topological polar surface area (TPSA) is 66.9 Å². The first-order chi connectivity index (χ1) is 13.1. The minimum Gasteiger partial charge on any atom is -0.308 e. The van der Waals surface area contributed by atoms with Crippen LogP contribution in [0.5, 0.6) is 0 Å². The third kappa shape index (κ3) is 3.77. The molecule has 0 saturated heterocycles. The van der Waals surface area contributed by atoms with Gasteiger partial charge in [-0.3, -0.25) is 0 Å². The van der Waals surface area contributed by atoms with E-state index in [2.05, 4.69) is 20.6 Å². The molecule has 27 heavy (non-hydrogen) atoms. The second kappa shape index (κ2) is 7.34. The van der Waals surface area contributed by atoms with Gasteiger partial charge in [-0.15, -0.1) is 0 Å². The van der Waals surface area contributed by atoms with E-state index in [0.717, 1.165) is 26.5 Å². The molecule has 0 radical (unpaired) electrons. The van der Waals surface area contributed by atoms with Crippen LogP contribution < -0.4 is 10.6 Å². The standard InChI is InChI=1S/C20H15ClN4OS/c1-12-15(21)7-3-8-16(12)25-20(26)23-14-6-2-5-13(11-14)18-24-17-9-4-10-22-19(17)27-18/h2-11H,1H3,(H2,23,25,26). The van der Waals surface area contributed by atoms with Gasteiger partial charge < -0.3 is 10.6 Å². The molecule has 134 valence electrons. The maximum atomic E-state index is 12.3. The van der Waals surface area contributed by atoms with Crippen LogP contribution in [0.1, 0.15) is 5.56 Å². The predicted octanol–water partition coefficient (Wildman–Crippen LogP) is 5.96. The van der Waals surface area contributed by atoms with E-state index in [4.69, 9.17) is 11.6 Å². The fourth-order valence-corrected chi connectivity index (χ4v) is 3.73. The number of fused-ring (bicyclic) bond motifs is 1. The SMILES string of the molecule is Cc1c(Cl)cccc1NC(=O)Nc1cccc(-c2nc3cccnc3s2)c1. The molecule has 0 spiro atoms. The summed E-state index contributed by atoms with van der Waals surface area (Å²) in [7, 11) is 0. The number of urea groups is 1. The molecular formula is C20H15ClN4OS. The van der Waals surface area contributed by atoms with Crippen molar-refractivity contribution in [2.45, 2.75) is 6.92 Å². The van der Waals surface area contributed by atoms with E-state index in [-0.39, 0.29) is 6.03 Å². The number of thiazole rings is 1. The first-order valence-electron chi connectivity index (χ1n) is 8.25. The monoisotopic (exact) mass is 394 g/mol. The third-order valence-corrected chi connectivity index (χ3v) is 5.49. The third-order valence-electron chi connectivity index (χ3n) is 4.05. The highest BCUT2D eigenvalue weighted by Gasteiger charge is 2.10. The van der Waals surface area contributed by atoms with E-state index in [1.807, 2.05) is 49.4 Å². The number of anilines is 2. The van der Waals surface area contributed by atoms with E-state index in [1.165, 1.54) is 11.3 Å². The molecule has 4 aromatic rings.